The number of carbonyl (C=O) groups excluding carboxylic acids is 1. The van der Waals surface area contributed by atoms with Crippen LogP contribution in [0.3, 0.4) is 0 Å². The lowest BCUT2D eigenvalue weighted by molar-refractivity contribution is -0.145. The molecule has 0 aliphatic rings. The molecule has 1 atom stereocenters. The zero-order chi connectivity index (χ0) is 11.1. The van der Waals surface area contributed by atoms with E-state index in [1.165, 1.54) is 12.7 Å². The van der Waals surface area contributed by atoms with Crippen LogP contribution in [0.1, 0.15) is 12.0 Å². The Bertz CT molecular complexity index is 298. The van der Waals surface area contributed by atoms with Gasteiger partial charge in [-0.05, 0) is 18.4 Å². The Labute approximate surface area is 90.2 Å². The van der Waals surface area contributed by atoms with Crippen molar-refractivity contribution in [1.82, 2.24) is 0 Å². The Kier molecular flexibility index (Phi) is 4.84. The quantitative estimate of drug-likeness (QED) is 0.742. The zero-order valence-electron chi connectivity index (χ0n) is 8.98. The summed E-state index contributed by atoms with van der Waals surface area (Å²) in [5.41, 5.74) is 6.73. The first-order chi connectivity index (χ1) is 7.27. The molecule has 0 bridgehead atoms. The topological polar surface area (TPSA) is 52.3 Å². The molecule has 1 rings (SSSR count). The van der Waals surface area contributed by atoms with Gasteiger partial charge in [-0.2, -0.15) is 0 Å². The minimum atomic E-state index is -0.214. The van der Waals surface area contributed by atoms with Crippen molar-refractivity contribution in [1.29, 1.82) is 0 Å². The van der Waals surface area contributed by atoms with Gasteiger partial charge in [0.15, 0.2) is 0 Å². The van der Waals surface area contributed by atoms with Gasteiger partial charge in [-0.15, -0.1) is 0 Å². The number of hydrogen-bond donors (Lipinski definition) is 1. The predicted molar refractivity (Wildman–Crippen MR) is 59.3 cm³/mol. The summed E-state index contributed by atoms with van der Waals surface area (Å²) in [5, 5.41) is 0. The van der Waals surface area contributed by atoms with Crippen LogP contribution in [0, 0.1) is 5.92 Å². The third kappa shape index (κ3) is 3.72. The predicted octanol–water partition coefficient (Wildman–Crippen LogP) is 1.37. The standard InChI is InChI=1S/C12H17NO2/c1-15-12(14)11(9-13)8-7-10-5-3-2-4-6-10/h2-6,11H,7-9,13H2,1H3/t11-/m1/s1. The number of benzene rings is 1. The Morgan fingerprint density at radius 2 is 2.07 bits per heavy atom. The van der Waals surface area contributed by atoms with E-state index in [0.717, 1.165) is 12.8 Å². The molecule has 0 aliphatic heterocycles. The Morgan fingerprint density at radius 1 is 1.40 bits per heavy atom. The number of ether oxygens (including phenoxy) is 1. The molecule has 0 aliphatic carbocycles. The van der Waals surface area contributed by atoms with Crippen LogP contribution < -0.4 is 5.73 Å². The van der Waals surface area contributed by atoms with E-state index in [4.69, 9.17) is 5.73 Å². The molecule has 0 unspecified atom stereocenters. The normalized spacial score (nSPS) is 12.1. The second-order valence-electron chi connectivity index (χ2n) is 3.48. The van der Waals surface area contributed by atoms with Gasteiger partial charge in [-0.1, -0.05) is 30.3 Å². The van der Waals surface area contributed by atoms with Gasteiger partial charge in [0.25, 0.3) is 0 Å². The molecule has 0 saturated heterocycles. The van der Waals surface area contributed by atoms with Crippen molar-refractivity contribution >= 4 is 5.97 Å². The fourth-order valence-electron chi connectivity index (χ4n) is 1.48. The maximum Gasteiger partial charge on any atom is 0.309 e. The lowest BCUT2D eigenvalue weighted by atomic mass is 10.00. The van der Waals surface area contributed by atoms with Crippen molar-refractivity contribution in [2.45, 2.75) is 12.8 Å². The number of esters is 1. The van der Waals surface area contributed by atoms with Gasteiger partial charge in [0, 0.05) is 6.54 Å². The van der Waals surface area contributed by atoms with Crippen LogP contribution in [0.25, 0.3) is 0 Å². The minimum absolute atomic E-state index is 0.185. The molecule has 0 radical (unpaired) electrons. The van der Waals surface area contributed by atoms with Gasteiger partial charge in [0.1, 0.15) is 0 Å². The van der Waals surface area contributed by atoms with Crippen molar-refractivity contribution in [2.75, 3.05) is 13.7 Å². The third-order valence-corrected chi connectivity index (χ3v) is 2.44. The highest BCUT2D eigenvalue weighted by Crippen LogP contribution is 2.10. The fraction of sp³-hybridized carbons (Fsp3) is 0.417. The zero-order valence-corrected chi connectivity index (χ0v) is 8.98. The van der Waals surface area contributed by atoms with Crippen LogP contribution in [0.4, 0.5) is 0 Å². The molecule has 3 heteroatoms. The average molecular weight is 207 g/mol. The summed E-state index contributed by atoms with van der Waals surface area (Å²) in [6, 6.07) is 10.1. The Morgan fingerprint density at radius 3 is 2.60 bits per heavy atom. The van der Waals surface area contributed by atoms with Crippen LogP contribution in [0.15, 0.2) is 30.3 Å². The summed E-state index contributed by atoms with van der Waals surface area (Å²) in [5.74, 6) is -0.399. The lowest BCUT2D eigenvalue weighted by Crippen LogP contribution is -2.25. The smallest absolute Gasteiger partial charge is 0.309 e. The molecule has 82 valence electrons. The third-order valence-electron chi connectivity index (χ3n) is 2.44. The highest BCUT2D eigenvalue weighted by atomic mass is 16.5. The number of carbonyl (C=O) groups is 1. The number of rotatable bonds is 5. The number of aryl methyl sites for hydroxylation is 1. The summed E-state index contributed by atoms with van der Waals surface area (Å²) in [6.07, 6.45) is 1.60. The average Bonchev–Trinajstić information content (AvgIpc) is 2.31. The summed E-state index contributed by atoms with van der Waals surface area (Å²) in [6.45, 7) is 0.347. The summed E-state index contributed by atoms with van der Waals surface area (Å²) in [4.78, 5) is 11.3. The van der Waals surface area contributed by atoms with Crippen molar-refractivity contribution < 1.29 is 9.53 Å². The summed E-state index contributed by atoms with van der Waals surface area (Å²) < 4.78 is 4.67. The van der Waals surface area contributed by atoms with E-state index in [-0.39, 0.29) is 11.9 Å². The minimum Gasteiger partial charge on any atom is -0.469 e. The Balaban J connectivity index is 2.44. The van der Waals surface area contributed by atoms with Gasteiger partial charge in [0.2, 0.25) is 0 Å². The molecule has 0 saturated carbocycles. The molecule has 2 N–H and O–H groups in total. The highest BCUT2D eigenvalue weighted by molar-refractivity contribution is 5.72. The van der Waals surface area contributed by atoms with E-state index >= 15 is 0 Å². The second-order valence-corrected chi connectivity index (χ2v) is 3.48. The van der Waals surface area contributed by atoms with Gasteiger partial charge in [-0.25, -0.2) is 0 Å². The molecular weight excluding hydrogens is 190 g/mol. The van der Waals surface area contributed by atoms with E-state index in [2.05, 4.69) is 4.74 Å². The fourth-order valence-corrected chi connectivity index (χ4v) is 1.48. The first-order valence-corrected chi connectivity index (χ1v) is 5.09. The maximum atomic E-state index is 11.3. The molecule has 0 amide bonds. The summed E-state index contributed by atoms with van der Waals surface area (Å²) >= 11 is 0. The molecule has 15 heavy (non-hydrogen) atoms. The van der Waals surface area contributed by atoms with E-state index in [1.807, 2.05) is 30.3 Å². The van der Waals surface area contributed by atoms with E-state index in [0.29, 0.717) is 6.54 Å². The number of nitrogens with two attached hydrogens (primary N) is 1. The Hall–Kier alpha value is -1.35. The SMILES string of the molecule is COC(=O)[C@@H](CN)CCc1ccccc1. The van der Waals surface area contributed by atoms with E-state index in [1.54, 1.807) is 0 Å². The van der Waals surface area contributed by atoms with Crippen LogP contribution in [0.2, 0.25) is 0 Å². The molecule has 1 aromatic rings. The molecular formula is C12H17NO2. The largest absolute Gasteiger partial charge is 0.469 e. The van der Waals surface area contributed by atoms with Gasteiger partial charge < -0.3 is 10.5 Å². The molecule has 1 aromatic carbocycles. The highest BCUT2D eigenvalue weighted by Gasteiger charge is 2.16. The summed E-state index contributed by atoms with van der Waals surface area (Å²) in [7, 11) is 1.40. The van der Waals surface area contributed by atoms with Gasteiger partial charge in [-0.3, -0.25) is 4.79 Å². The number of hydrogen-bond acceptors (Lipinski definition) is 3. The van der Waals surface area contributed by atoms with Crippen LogP contribution >= 0.6 is 0 Å². The molecule has 0 heterocycles. The van der Waals surface area contributed by atoms with Crippen LogP contribution in [-0.4, -0.2) is 19.6 Å². The first-order valence-electron chi connectivity index (χ1n) is 5.09. The van der Waals surface area contributed by atoms with Gasteiger partial charge in [0.05, 0.1) is 13.0 Å². The molecule has 0 aromatic heterocycles. The van der Waals surface area contributed by atoms with Crippen molar-refractivity contribution in [3.05, 3.63) is 35.9 Å². The van der Waals surface area contributed by atoms with Crippen molar-refractivity contribution in [2.24, 2.45) is 11.7 Å². The van der Waals surface area contributed by atoms with Crippen molar-refractivity contribution in [3.8, 4) is 0 Å². The molecule has 0 spiro atoms. The van der Waals surface area contributed by atoms with E-state index in [9.17, 15) is 4.79 Å². The van der Waals surface area contributed by atoms with E-state index < -0.39 is 0 Å². The van der Waals surface area contributed by atoms with Crippen LogP contribution in [0.5, 0.6) is 0 Å². The molecule has 0 fully saturated rings. The number of methoxy groups -OCH3 is 1. The van der Waals surface area contributed by atoms with Crippen molar-refractivity contribution in [3.63, 3.8) is 0 Å². The first kappa shape index (κ1) is 11.7. The van der Waals surface area contributed by atoms with Crippen LogP contribution in [-0.2, 0) is 16.0 Å². The maximum absolute atomic E-state index is 11.3. The second kappa shape index (κ2) is 6.19. The van der Waals surface area contributed by atoms with Gasteiger partial charge >= 0.3 is 5.97 Å². The monoisotopic (exact) mass is 207 g/mol. The lowest BCUT2D eigenvalue weighted by Gasteiger charge is -2.11. The molecule has 3 nitrogen and oxygen atoms in total.